The number of aromatic nitrogens is 2. The fourth-order valence-electron chi connectivity index (χ4n) is 3.30. The summed E-state index contributed by atoms with van der Waals surface area (Å²) in [5, 5.41) is 2.20. The van der Waals surface area contributed by atoms with Crippen LogP contribution in [-0.4, -0.2) is 39.7 Å². The first-order valence-electron chi connectivity index (χ1n) is 9.87. The summed E-state index contributed by atoms with van der Waals surface area (Å²) in [6, 6.07) is 7.51. The van der Waals surface area contributed by atoms with Crippen molar-refractivity contribution in [2.45, 2.75) is 51.3 Å². The minimum absolute atomic E-state index is 0.0172. The molecule has 0 aliphatic carbocycles. The number of rotatable bonds is 3. The van der Waals surface area contributed by atoms with E-state index in [2.05, 4.69) is 15.3 Å². The van der Waals surface area contributed by atoms with Gasteiger partial charge < -0.3 is 15.0 Å². The van der Waals surface area contributed by atoms with Gasteiger partial charge in [-0.05, 0) is 57.2 Å². The number of halogens is 4. The molecule has 1 aliphatic heterocycles. The Morgan fingerprint density at radius 3 is 2.29 bits per heavy atom. The number of nitrogens with zero attached hydrogens (tertiary/aromatic N) is 3. The van der Waals surface area contributed by atoms with Gasteiger partial charge in [0.05, 0.1) is 0 Å². The van der Waals surface area contributed by atoms with E-state index in [-0.39, 0.29) is 12.0 Å². The molecule has 0 unspecified atom stereocenters. The number of alkyl halides is 3. The number of carbonyl (C=O) groups excluding carboxylic acids is 1. The molecule has 1 fully saturated rings. The van der Waals surface area contributed by atoms with Crippen LogP contribution in [0.4, 0.5) is 29.6 Å². The van der Waals surface area contributed by atoms with Crippen LogP contribution in [0.5, 0.6) is 0 Å². The van der Waals surface area contributed by atoms with Crippen LogP contribution in [0.3, 0.4) is 0 Å². The van der Waals surface area contributed by atoms with E-state index in [1.807, 2.05) is 45.0 Å². The second-order valence-corrected chi connectivity index (χ2v) is 8.74. The molecule has 10 heteroatoms. The minimum atomic E-state index is -4.60. The summed E-state index contributed by atoms with van der Waals surface area (Å²) in [5.74, 6) is 0.293. The molecule has 2 heterocycles. The number of anilines is 2. The predicted molar refractivity (Wildman–Crippen MR) is 112 cm³/mol. The molecule has 31 heavy (non-hydrogen) atoms. The summed E-state index contributed by atoms with van der Waals surface area (Å²) in [4.78, 5) is 21.3. The van der Waals surface area contributed by atoms with E-state index >= 15 is 0 Å². The van der Waals surface area contributed by atoms with Gasteiger partial charge in [0.2, 0.25) is 5.95 Å². The molecule has 2 aromatic rings. The first-order chi connectivity index (χ1) is 14.4. The van der Waals surface area contributed by atoms with Crippen molar-refractivity contribution in [3.05, 3.63) is 46.7 Å². The Labute approximate surface area is 183 Å². The van der Waals surface area contributed by atoms with E-state index in [1.54, 1.807) is 4.90 Å². The number of carbonyl (C=O) groups is 1. The van der Waals surface area contributed by atoms with Crippen LogP contribution in [0.2, 0.25) is 5.15 Å². The molecule has 1 saturated heterocycles. The van der Waals surface area contributed by atoms with Gasteiger partial charge in [0.25, 0.3) is 0 Å². The number of hydrogen-bond acceptors (Lipinski definition) is 5. The zero-order valence-electron chi connectivity index (χ0n) is 17.5. The lowest BCUT2D eigenvalue weighted by molar-refractivity contribution is -0.137. The van der Waals surface area contributed by atoms with Crippen molar-refractivity contribution >= 4 is 29.3 Å². The van der Waals surface area contributed by atoms with Gasteiger partial charge in [-0.15, -0.1) is 0 Å². The van der Waals surface area contributed by atoms with E-state index in [0.717, 1.165) is 18.4 Å². The minimum Gasteiger partial charge on any atom is -0.444 e. The Morgan fingerprint density at radius 1 is 1.16 bits per heavy atom. The van der Waals surface area contributed by atoms with Crippen LogP contribution in [-0.2, 0) is 10.9 Å². The fraction of sp³-hybridized carbons (Fsp3) is 0.476. The number of likely N-dealkylation sites (tertiary alicyclic amines) is 1. The molecule has 1 aliphatic rings. The van der Waals surface area contributed by atoms with E-state index in [0.29, 0.717) is 30.9 Å². The highest BCUT2D eigenvalue weighted by atomic mass is 35.5. The summed E-state index contributed by atoms with van der Waals surface area (Å²) in [6.07, 6.45) is -2.59. The molecular formula is C21H24ClF3N4O2. The molecule has 1 amide bonds. The van der Waals surface area contributed by atoms with Gasteiger partial charge in [0.1, 0.15) is 16.3 Å². The van der Waals surface area contributed by atoms with E-state index in [1.165, 1.54) is 0 Å². The highest BCUT2D eigenvalue weighted by molar-refractivity contribution is 6.30. The normalized spacial score (nSPS) is 15.6. The standard InChI is InChI=1S/C21H24ClF3N4O2/c1-20(2,3)31-19(30)29-10-8-14(9-11-29)13-4-6-15(7-5-13)27-18-26-12-16(17(22)28-18)21(23,24)25/h4-7,12,14H,8-11H2,1-3H3,(H,26,27,28). The Hall–Kier alpha value is -2.55. The quantitative estimate of drug-likeness (QED) is 0.573. The van der Waals surface area contributed by atoms with Gasteiger partial charge in [-0.2, -0.15) is 13.2 Å². The van der Waals surface area contributed by atoms with Crippen LogP contribution in [0.1, 0.15) is 50.7 Å². The number of amides is 1. The monoisotopic (exact) mass is 456 g/mol. The zero-order valence-corrected chi connectivity index (χ0v) is 18.2. The molecule has 3 rings (SSSR count). The molecule has 0 bridgehead atoms. The maximum atomic E-state index is 12.8. The maximum Gasteiger partial charge on any atom is 0.420 e. The second-order valence-electron chi connectivity index (χ2n) is 8.38. The van der Waals surface area contributed by atoms with Gasteiger partial charge in [0, 0.05) is 25.0 Å². The number of benzene rings is 1. The molecule has 0 spiro atoms. The molecule has 1 aromatic carbocycles. The van der Waals surface area contributed by atoms with E-state index in [4.69, 9.17) is 16.3 Å². The van der Waals surface area contributed by atoms with Crippen molar-refractivity contribution in [1.29, 1.82) is 0 Å². The smallest absolute Gasteiger partial charge is 0.420 e. The third-order valence-corrected chi connectivity index (χ3v) is 5.12. The predicted octanol–water partition coefficient (Wildman–Crippen LogP) is 6.01. The third-order valence-electron chi connectivity index (χ3n) is 4.83. The Morgan fingerprint density at radius 2 is 1.77 bits per heavy atom. The third kappa shape index (κ3) is 6.22. The molecule has 1 N–H and O–H groups in total. The summed E-state index contributed by atoms with van der Waals surface area (Å²) in [7, 11) is 0. The van der Waals surface area contributed by atoms with Crippen molar-refractivity contribution in [3.8, 4) is 0 Å². The average molecular weight is 457 g/mol. The maximum absolute atomic E-state index is 12.8. The average Bonchev–Trinajstić information content (AvgIpc) is 2.66. The lowest BCUT2D eigenvalue weighted by atomic mass is 9.89. The molecule has 0 saturated carbocycles. The Bertz CT molecular complexity index is 922. The van der Waals surface area contributed by atoms with Gasteiger partial charge >= 0.3 is 12.3 Å². The molecular weight excluding hydrogens is 433 g/mol. The van der Waals surface area contributed by atoms with Gasteiger partial charge in [-0.25, -0.2) is 14.8 Å². The van der Waals surface area contributed by atoms with Crippen molar-refractivity contribution in [2.75, 3.05) is 18.4 Å². The first-order valence-corrected chi connectivity index (χ1v) is 10.2. The van der Waals surface area contributed by atoms with Crippen LogP contribution in [0.25, 0.3) is 0 Å². The van der Waals surface area contributed by atoms with Crippen LogP contribution >= 0.6 is 11.6 Å². The van der Waals surface area contributed by atoms with Crippen molar-refractivity contribution < 1.29 is 22.7 Å². The molecule has 168 valence electrons. The number of ether oxygens (including phenoxy) is 1. The highest BCUT2D eigenvalue weighted by Crippen LogP contribution is 2.34. The number of hydrogen-bond donors (Lipinski definition) is 1. The van der Waals surface area contributed by atoms with Crippen LogP contribution < -0.4 is 5.32 Å². The van der Waals surface area contributed by atoms with Gasteiger partial charge in [-0.3, -0.25) is 0 Å². The van der Waals surface area contributed by atoms with Crippen molar-refractivity contribution in [2.24, 2.45) is 0 Å². The number of piperidine rings is 1. The summed E-state index contributed by atoms with van der Waals surface area (Å²) in [6.45, 7) is 6.78. The lowest BCUT2D eigenvalue weighted by Crippen LogP contribution is -2.41. The Balaban J connectivity index is 1.58. The fourth-order valence-corrected chi connectivity index (χ4v) is 3.54. The van der Waals surface area contributed by atoms with Crippen LogP contribution in [0, 0.1) is 0 Å². The van der Waals surface area contributed by atoms with Crippen LogP contribution in [0.15, 0.2) is 30.5 Å². The molecule has 1 aromatic heterocycles. The summed E-state index contributed by atoms with van der Waals surface area (Å²) < 4.78 is 43.7. The first kappa shape index (κ1) is 23.1. The van der Waals surface area contributed by atoms with Gasteiger partial charge in [0.15, 0.2) is 0 Å². The highest BCUT2D eigenvalue weighted by Gasteiger charge is 2.34. The Kier molecular flexibility index (Phi) is 6.64. The van der Waals surface area contributed by atoms with E-state index in [9.17, 15) is 18.0 Å². The summed E-state index contributed by atoms with van der Waals surface area (Å²) in [5.41, 5.74) is 0.164. The SMILES string of the molecule is CC(C)(C)OC(=O)N1CCC(c2ccc(Nc3ncc(C(F)(F)F)c(Cl)n3)cc2)CC1. The lowest BCUT2D eigenvalue weighted by Gasteiger charge is -2.33. The van der Waals surface area contributed by atoms with Gasteiger partial charge in [-0.1, -0.05) is 23.7 Å². The van der Waals surface area contributed by atoms with Crippen molar-refractivity contribution in [1.82, 2.24) is 14.9 Å². The summed E-state index contributed by atoms with van der Waals surface area (Å²) >= 11 is 5.63. The molecule has 0 atom stereocenters. The zero-order chi connectivity index (χ0) is 22.8. The largest absolute Gasteiger partial charge is 0.444 e. The number of nitrogens with one attached hydrogen (secondary N) is 1. The topological polar surface area (TPSA) is 67.3 Å². The van der Waals surface area contributed by atoms with Crippen molar-refractivity contribution in [3.63, 3.8) is 0 Å². The second kappa shape index (κ2) is 8.90. The molecule has 6 nitrogen and oxygen atoms in total. The van der Waals surface area contributed by atoms with E-state index < -0.39 is 22.5 Å². The molecule has 0 radical (unpaired) electrons.